The Hall–Kier alpha value is -2.12. The number of aromatic nitrogens is 3. The average molecular weight is 282 g/mol. The fourth-order valence-corrected chi connectivity index (χ4v) is 2.23. The minimum absolute atomic E-state index is 0.0786. The second-order valence-corrected chi connectivity index (χ2v) is 4.77. The Morgan fingerprint density at radius 3 is 2.60 bits per heavy atom. The molecule has 0 spiro atoms. The zero-order chi connectivity index (χ0) is 15.3. The van der Waals surface area contributed by atoms with E-state index in [9.17, 15) is 4.79 Å². The van der Waals surface area contributed by atoms with Gasteiger partial charge in [-0.1, -0.05) is 19.0 Å². The van der Waals surface area contributed by atoms with Gasteiger partial charge in [-0.05, 0) is 19.8 Å². The highest BCUT2D eigenvalue weighted by Crippen LogP contribution is 2.28. The summed E-state index contributed by atoms with van der Waals surface area (Å²) >= 11 is 0. The van der Waals surface area contributed by atoms with Crippen LogP contribution in [0.3, 0.4) is 0 Å². The first-order chi connectivity index (χ1) is 9.42. The van der Waals surface area contributed by atoms with E-state index < -0.39 is 5.41 Å². The Morgan fingerprint density at radius 1 is 1.60 bits per heavy atom. The van der Waals surface area contributed by atoms with Crippen LogP contribution in [0.2, 0.25) is 0 Å². The Morgan fingerprint density at radius 2 is 2.20 bits per heavy atom. The van der Waals surface area contributed by atoms with Gasteiger partial charge in [0.05, 0.1) is 6.04 Å². The molecule has 4 N–H and O–H groups in total. The number of rotatable bonds is 6. The number of hydrogen-bond donors (Lipinski definition) is 3. The number of amides is 1. The summed E-state index contributed by atoms with van der Waals surface area (Å²) < 4.78 is 1.73. The molecule has 0 bridgehead atoms. The van der Waals surface area contributed by atoms with Crippen LogP contribution in [0.4, 0.5) is 0 Å². The minimum atomic E-state index is -1.01. The number of carbonyl (C=O) groups excluding carboxylic acids is 1. The van der Waals surface area contributed by atoms with Crippen LogP contribution in [0.5, 0.6) is 0 Å². The van der Waals surface area contributed by atoms with Crippen LogP contribution >= 0.6 is 0 Å². The van der Waals surface area contributed by atoms with E-state index in [-0.39, 0.29) is 17.8 Å². The zero-order valence-electron chi connectivity index (χ0n) is 12.3. The number of nitrogens with two attached hydrogens (primary N) is 1. The molecule has 1 aromatic rings. The van der Waals surface area contributed by atoms with Crippen LogP contribution in [0, 0.1) is 5.41 Å². The topological polar surface area (TPSA) is 118 Å². The lowest BCUT2D eigenvalue weighted by Crippen LogP contribution is -2.50. The molecule has 8 heteroatoms. The molecule has 0 aliphatic carbocycles. The molecular formula is C12H22N6O2. The minimum Gasteiger partial charge on any atom is -0.409 e. The summed E-state index contributed by atoms with van der Waals surface area (Å²) in [7, 11) is 1.80. The Bertz CT molecular complexity index is 492. The molecule has 0 fully saturated rings. The first-order valence-corrected chi connectivity index (χ1v) is 6.55. The summed E-state index contributed by atoms with van der Waals surface area (Å²) in [4.78, 5) is 12.5. The van der Waals surface area contributed by atoms with Crippen molar-refractivity contribution in [2.45, 2.75) is 39.7 Å². The highest BCUT2D eigenvalue weighted by atomic mass is 16.4. The van der Waals surface area contributed by atoms with E-state index in [0.29, 0.717) is 18.7 Å². The molecule has 0 aliphatic rings. The van der Waals surface area contributed by atoms with Gasteiger partial charge in [-0.3, -0.25) is 4.79 Å². The molecule has 112 valence electrons. The molecule has 1 amide bonds. The maximum atomic E-state index is 12.5. The van der Waals surface area contributed by atoms with Gasteiger partial charge in [-0.2, -0.15) is 0 Å². The zero-order valence-corrected chi connectivity index (χ0v) is 12.3. The fourth-order valence-electron chi connectivity index (χ4n) is 2.23. The van der Waals surface area contributed by atoms with Gasteiger partial charge in [-0.25, -0.2) is 0 Å². The molecule has 1 unspecified atom stereocenters. The van der Waals surface area contributed by atoms with Crippen molar-refractivity contribution in [2.75, 3.05) is 0 Å². The first-order valence-electron chi connectivity index (χ1n) is 6.55. The second-order valence-electron chi connectivity index (χ2n) is 4.77. The van der Waals surface area contributed by atoms with E-state index in [2.05, 4.69) is 20.7 Å². The van der Waals surface area contributed by atoms with Crippen molar-refractivity contribution >= 4 is 11.7 Å². The molecule has 1 rings (SSSR count). The number of hydrogen-bond acceptors (Lipinski definition) is 5. The van der Waals surface area contributed by atoms with Crippen LogP contribution in [-0.2, 0) is 11.8 Å². The highest BCUT2D eigenvalue weighted by Gasteiger charge is 2.40. The number of nitrogens with zero attached hydrogens (tertiary/aromatic N) is 4. The lowest BCUT2D eigenvalue weighted by molar-refractivity contribution is -0.128. The summed E-state index contributed by atoms with van der Waals surface area (Å²) in [5.41, 5.74) is 4.69. The fraction of sp³-hybridized carbons (Fsp3) is 0.667. The predicted molar refractivity (Wildman–Crippen MR) is 74.0 cm³/mol. The van der Waals surface area contributed by atoms with Crippen molar-refractivity contribution in [1.82, 2.24) is 20.1 Å². The number of nitrogens with one attached hydrogen (secondary N) is 1. The molecular weight excluding hydrogens is 260 g/mol. The van der Waals surface area contributed by atoms with Gasteiger partial charge in [-0.15, -0.1) is 10.2 Å². The third-order valence-electron chi connectivity index (χ3n) is 3.72. The van der Waals surface area contributed by atoms with Crippen molar-refractivity contribution in [3.8, 4) is 0 Å². The van der Waals surface area contributed by atoms with Crippen LogP contribution in [0.25, 0.3) is 0 Å². The third kappa shape index (κ3) is 2.73. The van der Waals surface area contributed by atoms with Crippen LogP contribution < -0.4 is 11.1 Å². The lowest BCUT2D eigenvalue weighted by Gasteiger charge is -2.30. The van der Waals surface area contributed by atoms with Gasteiger partial charge in [0, 0.05) is 7.05 Å². The van der Waals surface area contributed by atoms with Crippen molar-refractivity contribution in [3.63, 3.8) is 0 Å². The maximum Gasteiger partial charge on any atom is 0.234 e. The summed E-state index contributed by atoms with van der Waals surface area (Å²) in [6, 6.07) is -0.320. The van der Waals surface area contributed by atoms with Gasteiger partial charge >= 0.3 is 0 Å². The Kier molecular flexibility index (Phi) is 5.06. The molecule has 1 atom stereocenters. The van der Waals surface area contributed by atoms with Crippen molar-refractivity contribution in [2.24, 2.45) is 23.4 Å². The molecule has 0 radical (unpaired) electrons. The number of amidine groups is 1. The van der Waals surface area contributed by atoms with Gasteiger partial charge in [0.1, 0.15) is 11.7 Å². The van der Waals surface area contributed by atoms with Crippen LogP contribution in [-0.4, -0.2) is 31.7 Å². The van der Waals surface area contributed by atoms with Crippen molar-refractivity contribution < 1.29 is 10.0 Å². The molecule has 20 heavy (non-hydrogen) atoms. The van der Waals surface area contributed by atoms with E-state index in [1.165, 1.54) is 0 Å². The van der Waals surface area contributed by atoms with E-state index in [1.54, 1.807) is 17.9 Å². The largest absolute Gasteiger partial charge is 0.409 e. The van der Waals surface area contributed by atoms with Crippen LogP contribution in [0.1, 0.15) is 45.5 Å². The second kappa shape index (κ2) is 6.36. The molecule has 0 aromatic carbocycles. The van der Waals surface area contributed by atoms with Crippen molar-refractivity contribution in [1.29, 1.82) is 0 Å². The summed E-state index contributed by atoms with van der Waals surface area (Å²) in [6.45, 7) is 5.46. The third-order valence-corrected chi connectivity index (χ3v) is 3.72. The van der Waals surface area contributed by atoms with E-state index in [1.807, 2.05) is 20.8 Å². The van der Waals surface area contributed by atoms with Gasteiger partial charge < -0.3 is 20.8 Å². The van der Waals surface area contributed by atoms with Gasteiger partial charge in [0.25, 0.3) is 0 Å². The van der Waals surface area contributed by atoms with E-state index in [4.69, 9.17) is 10.9 Å². The molecule has 1 heterocycles. The molecule has 0 saturated heterocycles. The molecule has 0 saturated carbocycles. The summed E-state index contributed by atoms with van der Waals surface area (Å²) in [6.07, 6.45) is 2.45. The summed E-state index contributed by atoms with van der Waals surface area (Å²) in [5, 5.41) is 22.5. The number of carbonyl (C=O) groups is 1. The SMILES string of the molecule is CCC(CC)(C(=O)NC(C)c1nncn1C)C(N)=NO. The number of aryl methyl sites for hydroxylation is 1. The first kappa shape index (κ1) is 15.9. The Labute approximate surface area is 118 Å². The van der Waals surface area contributed by atoms with Crippen molar-refractivity contribution in [3.05, 3.63) is 12.2 Å². The van der Waals surface area contributed by atoms with Crippen LogP contribution in [0.15, 0.2) is 11.5 Å². The van der Waals surface area contributed by atoms with Gasteiger partial charge in [0.15, 0.2) is 11.7 Å². The quantitative estimate of drug-likeness (QED) is 0.304. The monoisotopic (exact) mass is 282 g/mol. The summed E-state index contributed by atoms with van der Waals surface area (Å²) in [5.74, 6) is 0.275. The standard InChI is InChI=1S/C12H22N6O2/c1-5-12(6-2,10(13)17-20)11(19)15-8(3)9-16-14-7-18(9)4/h7-8,20H,5-6H2,1-4H3,(H2,13,17)(H,15,19). The van der Waals surface area contributed by atoms with E-state index >= 15 is 0 Å². The number of oxime groups is 1. The average Bonchev–Trinajstić information content (AvgIpc) is 2.86. The lowest BCUT2D eigenvalue weighted by atomic mass is 9.80. The normalized spacial score (nSPS) is 14.1. The molecule has 1 aromatic heterocycles. The maximum absolute atomic E-state index is 12.5. The highest BCUT2D eigenvalue weighted by molar-refractivity contribution is 6.06. The predicted octanol–water partition coefficient (Wildman–Crippen LogP) is 0.545. The molecule has 8 nitrogen and oxygen atoms in total. The Balaban J connectivity index is 2.96. The van der Waals surface area contributed by atoms with E-state index in [0.717, 1.165) is 0 Å². The smallest absolute Gasteiger partial charge is 0.234 e. The molecule has 0 aliphatic heterocycles. The van der Waals surface area contributed by atoms with Gasteiger partial charge in [0.2, 0.25) is 5.91 Å².